The van der Waals surface area contributed by atoms with Crippen LogP contribution in [0.5, 0.6) is 11.5 Å². The van der Waals surface area contributed by atoms with Gasteiger partial charge in [0.2, 0.25) is 5.91 Å². The van der Waals surface area contributed by atoms with E-state index in [2.05, 4.69) is 11.9 Å². The summed E-state index contributed by atoms with van der Waals surface area (Å²) in [5, 5.41) is 21.5. The standard InChI is InChI=1S/C14H19NO3/c1-4-10(8-15-14(18)9(2)3)11-5-6-12(16)13(17)7-11/h5-7,10,16-17H,2,4,8H2,1,3H3,(H,15,18). The van der Waals surface area contributed by atoms with E-state index in [1.165, 1.54) is 12.1 Å². The summed E-state index contributed by atoms with van der Waals surface area (Å²) >= 11 is 0. The van der Waals surface area contributed by atoms with Crippen molar-refractivity contribution in [1.82, 2.24) is 5.32 Å². The molecule has 0 heterocycles. The molecule has 1 aromatic rings. The van der Waals surface area contributed by atoms with Gasteiger partial charge in [-0.05, 0) is 31.0 Å². The van der Waals surface area contributed by atoms with Crippen LogP contribution >= 0.6 is 0 Å². The number of hydrogen-bond donors (Lipinski definition) is 3. The van der Waals surface area contributed by atoms with Crippen LogP contribution in [0.25, 0.3) is 0 Å². The van der Waals surface area contributed by atoms with Crippen LogP contribution in [0.3, 0.4) is 0 Å². The summed E-state index contributed by atoms with van der Waals surface area (Å²) in [5.41, 5.74) is 1.35. The van der Waals surface area contributed by atoms with Crippen molar-refractivity contribution in [3.8, 4) is 11.5 Å². The smallest absolute Gasteiger partial charge is 0.246 e. The van der Waals surface area contributed by atoms with Gasteiger partial charge < -0.3 is 15.5 Å². The van der Waals surface area contributed by atoms with Crippen LogP contribution in [0.1, 0.15) is 31.7 Å². The van der Waals surface area contributed by atoms with Crippen LogP contribution in [0.4, 0.5) is 0 Å². The Morgan fingerprint density at radius 2 is 2.06 bits per heavy atom. The number of hydrogen-bond acceptors (Lipinski definition) is 3. The molecule has 1 unspecified atom stereocenters. The van der Waals surface area contributed by atoms with Crippen LogP contribution < -0.4 is 5.32 Å². The minimum Gasteiger partial charge on any atom is -0.504 e. The zero-order chi connectivity index (χ0) is 13.7. The van der Waals surface area contributed by atoms with E-state index in [0.717, 1.165) is 12.0 Å². The third-order valence-electron chi connectivity index (χ3n) is 2.86. The second-order valence-electron chi connectivity index (χ2n) is 4.34. The SMILES string of the molecule is C=C(C)C(=O)NCC(CC)c1ccc(O)c(O)c1. The van der Waals surface area contributed by atoms with E-state index in [1.54, 1.807) is 13.0 Å². The highest BCUT2D eigenvalue weighted by molar-refractivity contribution is 5.92. The molecule has 0 fully saturated rings. The molecule has 4 nitrogen and oxygen atoms in total. The second kappa shape index (κ2) is 6.10. The van der Waals surface area contributed by atoms with Crippen LogP contribution in [0.2, 0.25) is 0 Å². The summed E-state index contributed by atoms with van der Waals surface area (Å²) in [6.07, 6.45) is 0.820. The predicted octanol–water partition coefficient (Wildman–Crippen LogP) is 2.28. The number of aromatic hydroxyl groups is 2. The molecular weight excluding hydrogens is 230 g/mol. The largest absolute Gasteiger partial charge is 0.504 e. The van der Waals surface area contributed by atoms with Crippen molar-refractivity contribution in [3.63, 3.8) is 0 Å². The Bertz CT molecular complexity index is 454. The molecule has 1 rings (SSSR count). The molecule has 0 aliphatic rings. The highest BCUT2D eigenvalue weighted by Crippen LogP contribution is 2.29. The van der Waals surface area contributed by atoms with Crippen molar-refractivity contribution in [3.05, 3.63) is 35.9 Å². The molecule has 18 heavy (non-hydrogen) atoms. The summed E-state index contributed by atoms with van der Waals surface area (Å²) in [5.74, 6) is -0.354. The number of carbonyl (C=O) groups excluding carboxylic acids is 1. The first kappa shape index (κ1) is 14.1. The lowest BCUT2D eigenvalue weighted by atomic mass is 9.96. The van der Waals surface area contributed by atoms with Gasteiger partial charge in [0.15, 0.2) is 11.5 Å². The molecule has 1 atom stereocenters. The van der Waals surface area contributed by atoms with E-state index in [1.807, 2.05) is 6.92 Å². The van der Waals surface area contributed by atoms with Gasteiger partial charge in [-0.3, -0.25) is 4.79 Å². The number of phenols is 2. The summed E-state index contributed by atoms with van der Waals surface area (Å²) < 4.78 is 0. The molecule has 3 N–H and O–H groups in total. The van der Waals surface area contributed by atoms with Crippen LogP contribution in [-0.4, -0.2) is 22.7 Å². The zero-order valence-electron chi connectivity index (χ0n) is 10.7. The topological polar surface area (TPSA) is 69.6 Å². The summed E-state index contributed by atoms with van der Waals surface area (Å²) in [6, 6.07) is 4.72. The molecule has 0 aliphatic carbocycles. The first-order chi connectivity index (χ1) is 8.45. The van der Waals surface area contributed by atoms with E-state index in [-0.39, 0.29) is 23.3 Å². The number of carbonyl (C=O) groups is 1. The van der Waals surface area contributed by atoms with Gasteiger partial charge in [0.1, 0.15) is 0 Å². The quantitative estimate of drug-likeness (QED) is 0.554. The molecule has 0 aliphatic heterocycles. The van der Waals surface area contributed by atoms with Gasteiger partial charge in [-0.1, -0.05) is 19.6 Å². The van der Waals surface area contributed by atoms with Gasteiger partial charge in [-0.25, -0.2) is 0 Å². The molecule has 0 saturated carbocycles. The highest BCUT2D eigenvalue weighted by Gasteiger charge is 2.13. The lowest BCUT2D eigenvalue weighted by Gasteiger charge is -2.16. The van der Waals surface area contributed by atoms with Gasteiger partial charge in [0.25, 0.3) is 0 Å². The summed E-state index contributed by atoms with van der Waals surface area (Å²) in [7, 11) is 0. The van der Waals surface area contributed by atoms with E-state index < -0.39 is 0 Å². The van der Waals surface area contributed by atoms with Crippen molar-refractivity contribution in [2.75, 3.05) is 6.54 Å². The molecule has 0 bridgehead atoms. The van der Waals surface area contributed by atoms with E-state index >= 15 is 0 Å². The second-order valence-corrected chi connectivity index (χ2v) is 4.34. The van der Waals surface area contributed by atoms with Crippen LogP contribution in [-0.2, 0) is 4.79 Å². The Balaban J connectivity index is 2.74. The molecule has 0 spiro atoms. The Morgan fingerprint density at radius 1 is 1.39 bits per heavy atom. The molecule has 0 saturated heterocycles. The van der Waals surface area contributed by atoms with Crippen molar-refractivity contribution in [1.29, 1.82) is 0 Å². The molecule has 4 heteroatoms. The van der Waals surface area contributed by atoms with Crippen molar-refractivity contribution in [2.45, 2.75) is 26.2 Å². The lowest BCUT2D eigenvalue weighted by Crippen LogP contribution is -2.28. The molecule has 0 aromatic heterocycles. The minimum absolute atomic E-state index is 0.0970. The summed E-state index contributed by atoms with van der Waals surface area (Å²) in [6.45, 7) is 7.71. The Hall–Kier alpha value is -1.97. The average Bonchev–Trinajstić information content (AvgIpc) is 2.33. The maximum Gasteiger partial charge on any atom is 0.246 e. The fraction of sp³-hybridized carbons (Fsp3) is 0.357. The first-order valence-electron chi connectivity index (χ1n) is 5.91. The Labute approximate surface area is 107 Å². The lowest BCUT2D eigenvalue weighted by molar-refractivity contribution is -0.117. The van der Waals surface area contributed by atoms with Crippen LogP contribution in [0, 0.1) is 0 Å². The van der Waals surface area contributed by atoms with Gasteiger partial charge in [-0.2, -0.15) is 0 Å². The third kappa shape index (κ3) is 3.52. The van der Waals surface area contributed by atoms with E-state index in [0.29, 0.717) is 12.1 Å². The van der Waals surface area contributed by atoms with Crippen molar-refractivity contribution >= 4 is 5.91 Å². The van der Waals surface area contributed by atoms with Crippen molar-refractivity contribution < 1.29 is 15.0 Å². The highest BCUT2D eigenvalue weighted by atomic mass is 16.3. The molecule has 98 valence electrons. The maximum absolute atomic E-state index is 11.4. The first-order valence-corrected chi connectivity index (χ1v) is 5.91. The maximum atomic E-state index is 11.4. The molecule has 1 aromatic carbocycles. The Morgan fingerprint density at radius 3 is 2.56 bits per heavy atom. The molecular formula is C14H19NO3. The van der Waals surface area contributed by atoms with E-state index in [9.17, 15) is 15.0 Å². The van der Waals surface area contributed by atoms with Crippen LogP contribution in [0.15, 0.2) is 30.4 Å². The van der Waals surface area contributed by atoms with E-state index in [4.69, 9.17) is 0 Å². The number of nitrogens with one attached hydrogen (secondary N) is 1. The molecule has 0 radical (unpaired) electrons. The number of benzene rings is 1. The predicted molar refractivity (Wildman–Crippen MR) is 70.6 cm³/mol. The third-order valence-corrected chi connectivity index (χ3v) is 2.86. The summed E-state index contributed by atoms with van der Waals surface area (Å²) in [4.78, 5) is 11.4. The number of phenolic OH excluding ortho intramolecular Hbond substituents is 2. The Kier molecular flexibility index (Phi) is 4.77. The molecule has 1 amide bonds. The number of amides is 1. The fourth-order valence-electron chi connectivity index (χ4n) is 1.66. The van der Waals surface area contributed by atoms with Crippen molar-refractivity contribution in [2.24, 2.45) is 0 Å². The zero-order valence-corrected chi connectivity index (χ0v) is 10.7. The van der Waals surface area contributed by atoms with Gasteiger partial charge in [-0.15, -0.1) is 0 Å². The normalized spacial score (nSPS) is 11.9. The van der Waals surface area contributed by atoms with Gasteiger partial charge >= 0.3 is 0 Å². The van der Waals surface area contributed by atoms with Gasteiger partial charge in [0, 0.05) is 18.0 Å². The monoisotopic (exact) mass is 249 g/mol. The number of rotatable bonds is 5. The average molecular weight is 249 g/mol. The van der Waals surface area contributed by atoms with Gasteiger partial charge in [0.05, 0.1) is 0 Å². The minimum atomic E-state index is -0.170. The fourth-order valence-corrected chi connectivity index (χ4v) is 1.66.